The topological polar surface area (TPSA) is 43.2 Å². The number of nitrogens with zero attached hydrogens (tertiary/aromatic N) is 4. The van der Waals surface area contributed by atoms with Gasteiger partial charge in [0.25, 0.3) is 0 Å². The van der Waals surface area contributed by atoms with E-state index < -0.39 is 0 Å². The Morgan fingerprint density at radius 2 is 2.12 bits per heavy atom. The van der Waals surface area contributed by atoms with E-state index >= 15 is 0 Å². The van der Waals surface area contributed by atoms with Crippen molar-refractivity contribution >= 4 is 11.3 Å². The van der Waals surface area contributed by atoms with Gasteiger partial charge in [0, 0.05) is 49.0 Å². The van der Waals surface area contributed by atoms with Crippen LogP contribution in [0.5, 0.6) is 0 Å². The van der Waals surface area contributed by atoms with Crippen LogP contribution >= 0.6 is 11.3 Å². The number of aromatic nitrogens is 3. The summed E-state index contributed by atoms with van der Waals surface area (Å²) in [6.45, 7) is 5.14. The number of fused-ring (bicyclic) bond motifs is 1. The van der Waals surface area contributed by atoms with E-state index in [4.69, 9.17) is 4.74 Å². The second-order valence-electron chi connectivity index (χ2n) is 6.45. The third kappa shape index (κ3) is 4.34. The van der Waals surface area contributed by atoms with Crippen LogP contribution in [-0.2, 0) is 31.0 Å². The zero-order valence-corrected chi connectivity index (χ0v) is 14.9. The molecule has 6 heteroatoms. The quantitative estimate of drug-likeness (QED) is 0.682. The van der Waals surface area contributed by atoms with E-state index in [9.17, 15) is 0 Å². The molecule has 3 aromatic rings. The van der Waals surface area contributed by atoms with Crippen molar-refractivity contribution in [1.82, 2.24) is 19.4 Å². The lowest BCUT2D eigenvalue weighted by Crippen LogP contribution is -2.29. The van der Waals surface area contributed by atoms with Crippen LogP contribution in [0.4, 0.5) is 0 Å². The molecule has 1 atom stereocenters. The fourth-order valence-corrected chi connectivity index (χ4v) is 4.03. The van der Waals surface area contributed by atoms with Crippen molar-refractivity contribution < 1.29 is 4.74 Å². The lowest BCUT2D eigenvalue weighted by Gasteiger charge is -2.23. The highest BCUT2D eigenvalue weighted by Crippen LogP contribution is 2.20. The predicted octanol–water partition coefficient (Wildman–Crippen LogP) is 3.19. The van der Waals surface area contributed by atoms with E-state index in [1.807, 2.05) is 41.9 Å². The Bertz CT molecular complexity index is 772. The summed E-state index contributed by atoms with van der Waals surface area (Å²) in [5.41, 5.74) is 0.981. The fraction of sp³-hybridized carbons (Fsp3) is 0.368. The molecular formula is C19H22N4OS. The van der Waals surface area contributed by atoms with Crippen LogP contribution in [0.15, 0.2) is 54.3 Å². The fourth-order valence-electron chi connectivity index (χ4n) is 3.29. The normalized spacial score (nSPS) is 18.0. The van der Waals surface area contributed by atoms with Gasteiger partial charge in [-0.1, -0.05) is 12.1 Å². The molecule has 3 aromatic heterocycles. The maximum absolute atomic E-state index is 5.97. The van der Waals surface area contributed by atoms with Crippen LogP contribution in [0.25, 0.3) is 0 Å². The first-order chi connectivity index (χ1) is 12.4. The van der Waals surface area contributed by atoms with Gasteiger partial charge in [0.1, 0.15) is 5.82 Å². The molecule has 25 heavy (non-hydrogen) atoms. The summed E-state index contributed by atoms with van der Waals surface area (Å²) in [4.78, 5) is 12.7. The number of imidazole rings is 1. The first-order valence-corrected chi connectivity index (χ1v) is 9.47. The number of hydrogen-bond donors (Lipinski definition) is 0. The minimum Gasteiger partial charge on any atom is -0.375 e. The summed E-state index contributed by atoms with van der Waals surface area (Å²) in [5.74, 6) is 1.59. The third-order valence-electron chi connectivity index (χ3n) is 4.43. The van der Waals surface area contributed by atoms with Crippen molar-refractivity contribution in [2.24, 2.45) is 5.92 Å². The summed E-state index contributed by atoms with van der Waals surface area (Å²) >= 11 is 1.81. The largest absolute Gasteiger partial charge is 0.375 e. The highest BCUT2D eigenvalue weighted by Gasteiger charge is 2.23. The van der Waals surface area contributed by atoms with Gasteiger partial charge in [-0.25, -0.2) is 4.98 Å². The van der Waals surface area contributed by atoms with Gasteiger partial charge < -0.3 is 9.30 Å². The lowest BCUT2D eigenvalue weighted by atomic mass is 10.1. The van der Waals surface area contributed by atoms with E-state index in [1.165, 1.54) is 4.88 Å². The molecule has 0 amide bonds. The molecule has 0 saturated carbocycles. The van der Waals surface area contributed by atoms with Gasteiger partial charge >= 0.3 is 0 Å². The molecule has 0 aliphatic carbocycles. The Balaban J connectivity index is 1.40. The van der Waals surface area contributed by atoms with Crippen molar-refractivity contribution in [2.45, 2.75) is 26.2 Å². The Labute approximate surface area is 151 Å². The van der Waals surface area contributed by atoms with Gasteiger partial charge in [-0.3, -0.25) is 9.88 Å². The number of rotatable bonds is 6. The van der Waals surface area contributed by atoms with Crippen LogP contribution in [0.1, 0.15) is 16.4 Å². The zero-order chi connectivity index (χ0) is 16.9. The Kier molecular flexibility index (Phi) is 5.20. The molecule has 0 saturated heterocycles. The van der Waals surface area contributed by atoms with Crippen LogP contribution in [-0.4, -0.2) is 32.6 Å². The van der Waals surface area contributed by atoms with Gasteiger partial charge in [-0.15, -0.1) is 11.3 Å². The molecule has 0 unspecified atom stereocenters. The second kappa shape index (κ2) is 7.91. The van der Waals surface area contributed by atoms with Crippen molar-refractivity contribution in [3.05, 3.63) is 70.7 Å². The monoisotopic (exact) mass is 354 g/mol. The molecular weight excluding hydrogens is 332 g/mol. The molecule has 0 aromatic carbocycles. The molecule has 5 nitrogen and oxygen atoms in total. The van der Waals surface area contributed by atoms with E-state index in [2.05, 4.69) is 43.1 Å². The van der Waals surface area contributed by atoms with Crippen molar-refractivity contribution in [1.29, 1.82) is 0 Å². The number of ether oxygens (including phenoxy) is 1. The zero-order valence-electron chi connectivity index (χ0n) is 14.1. The Morgan fingerprint density at radius 1 is 1.12 bits per heavy atom. The average Bonchev–Trinajstić information content (AvgIpc) is 3.25. The average molecular weight is 354 g/mol. The summed E-state index contributed by atoms with van der Waals surface area (Å²) in [6, 6.07) is 10.3. The Hall–Kier alpha value is -2.02. The van der Waals surface area contributed by atoms with Crippen molar-refractivity contribution in [2.75, 3.05) is 13.2 Å². The van der Waals surface area contributed by atoms with Gasteiger partial charge in [0.15, 0.2) is 0 Å². The maximum atomic E-state index is 5.97. The van der Waals surface area contributed by atoms with Gasteiger partial charge in [-0.05, 0) is 23.6 Å². The molecule has 0 bridgehead atoms. The second-order valence-corrected chi connectivity index (χ2v) is 7.48. The van der Waals surface area contributed by atoms with Gasteiger partial charge in [0.05, 0.1) is 25.5 Å². The van der Waals surface area contributed by atoms with Crippen LogP contribution in [0.3, 0.4) is 0 Å². The number of hydrogen-bond acceptors (Lipinski definition) is 5. The number of thiophene rings is 1. The van der Waals surface area contributed by atoms with Crippen LogP contribution in [0, 0.1) is 5.92 Å². The minimum atomic E-state index is 0.444. The molecule has 0 fully saturated rings. The minimum absolute atomic E-state index is 0.444. The van der Waals surface area contributed by atoms with Gasteiger partial charge in [-0.2, -0.15) is 0 Å². The van der Waals surface area contributed by atoms with Crippen molar-refractivity contribution in [3.8, 4) is 0 Å². The molecule has 4 rings (SSSR count). The van der Waals surface area contributed by atoms with E-state index in [1.54, 1.807) is 0 Å². The van der Waals surface area contributed by atoms with Crippen molar-refractivity contribution in [3.63, 3.8) is 0 Å². The predicted molar refractivity (Wildman–Crippen MR) is 98.0 cm³/mol. The van der Waals surface area contributed by atoms with Gasteiger partial charge in [0.2, 0.25) is 0 Å². The summed E-state index contributed by atoms with van der Waals surface area (Å²) in [5, 5.41) is 2.14. The summed E-state index contributed by atoms with van der Waals surface area (Å²) < 4.78 is 8.24. The molecule has 130 valence electrons. The third-order valence-corrected chi connectivity index (χ3v) is 5.29. The smallest absolute Gasteiger partial charge is 0.122 e. The van der Waals surface area contributed by atoms with Crippen LogP contribution in [0.2, 0.25) is 0 Å². The number of pyridine rings is 1. The van der Waals surface area contributed by atoms with E-state index in [-0.39, 0.29) is 0 Å². The summed E-state index contributed by atoms with van der Waals surface area (Å²) in [6.07, 6.45) is 5.79. The maximum Gasteiger partial charge on any atom is 0.122 e. The standard InChI is InChI=1S/C19H22N4OS/c1-2-6-20-17(4-1)15-24-14-16-10-22(12-18-5-3-9-25-18)13-19-21-7-8-23(19)11-16/h1-9,16H,10-15H2/t16-/m0/s1. The van der Waals surface area contributed by atoms with E-state index in [0.29, 0.717) is 12.5 Å². The lowest BCUT2D eigenvalue weighted by molar-refractivity contribution is 0.0650. The molecule has 4 heterocycles. The molecule has 0 spiro atoms. The molecule has 1 aliphatic rings. The first kappa shape index (κ1) is 16.4. The van der Waals surface area contributed by atoms with E-state index in [0.717, 1.165) is 44.3 Å². The first-order valence-electron chi connectivity index (χ1n) is 8.59. The highest BCUT2D eigenvalue weighted by molar-refractivity contribution is 7.09. The summed E-state index contributed by atoms with van der Waals surface area (Å²) in [7, 11) is 0. The SMILES string of the molecule is c1ccc(COC[C@H]2CN(Cc3cccs3)Cc3nccn3C2)nc1. The molecule has 0 radical (unpaired) electrons. The Morgan fingerprint density at radius 3 is 2.96 bits per heavy atom. The molecule has 1 aliphatic heterocycles. The highest BCUT2D eigenvalue weighted by atomic mass is 32.1. The van der Waals surface area contributed by atoms with Crippen LogP contribution < -0.4 is 0 Å². The molecule has 0 N–H and O–H groups in total.